The highest BCUT2D eigenvalue weighted by Crippen LogP contribution is 2.64. The number of halogens is 1. The number of fused-ring (bicyclic) bond motifs is 7. The van der Waals surface area contributed by atoms with Crippen LogP contribution in [0.3, 0.4) is 0 Å². The Morgan fingerprint density at radius 2 is 1.88 bits per heavy atom. The van der Waals surface area contributed by atoms with E-state index < -0.39 is 5.97 Å². The van der Waals surface area contributed by atoms with Gasteiger partial charge in [0.1, 0.15) is 0 Å². The van der Waals surface area contributed by atoms with E-state index in [-0.39, 0.29) is 6.04 Å². The van der Waals surface area contributed by atoms with Gasteiger partial charge in [-0.25, -0.2) is 4.79 Å². The Bertz CT molecular complexity index is 865. The average Bonchev–Trinajstić information content (AvgIpc) is 3.23. The number of hydrogen-bond acceptors (Lipinski definition) is 2. The van der Waals surface area contributed by atoms with Crippen LogP contribution in [0.15, 0.2) is 42.5 Å². The number of benzene rings is 2. The largest absolute Gasteiger partial charge is 0.478 e. The van der Waals surface area contributed by atoms with Crippen LogP contribution < -0.4 is 5.32 Å². The van der Waals surface area contributed by atoms with Crippen molar-refractivity contribution in [2.45, 2.75) is 31.2 Å². The van der Waals surface area contributed by atoms with Crippen LogP contribution in [0, 0.1) is 17.8 Å². The Balaban J connectivity index is 1.65. The minimum Gasteiger partial charge on any atom is -0.478 e. The molecule has 2 aromatic rings. The molecule has 2 fully saturated rings. The fourth-order valence-electron chi connectivity index (χ4n) is 5.66. The number of aromatic carboxylic acids is 1. The Kier molecular flexibility index (Phi) is 3.36. The average molecular weight is 354 g/mol. The molecule has 3 aliphatic rings. The number of carboxylic acid groups (broad SMARTS) is 1. The highest BCUT2D eigenvalue weighted by molar-refractivity contribution is 6.31. The molecule has 1 aliphatic heterocycles. The molecular weight excluding hydrogens is 334 g/mol. The Morgan fingerprint density at radius 3 is 2.68 bits per heavy atom. The van der Waals surface area contributed by atoms with E-state index in [0.717, 1.165) is 10.7 Å². The van der Waals surface area contributed by atoms with Gasteiger partial charge >= 0.3 is 5.97 Å². The standard InChI is InChI=1S/C21H20ClNO2/c22-16-4-2-1-3-14(16)20-19-12-6-5-11(9-12)18(19)15-10-13(21(24)25)7-8-17(15)23-20/h1-4,7-8,10-12,18-20,23H,5-6,9H2,(H,24,25)/t11-,12-,18-,19-,20-/m0/s1. The highest BCUT2D eigenvalue weighted by Gasteiger charge is 2.54. The molecule has 128 valence electrons. The van der Waals surface area contributed by atoms with Crippen molar-refractivity contribution >= 4 is 23.3 Å². The molecule has 2 N–H and O–H groups in total. The number of carbonyl (C=O) groups is 1. The van der Waals surface area contributed by atoms with Crippen LogP contribution in [-0.4, -0.2) is 11.1 Å². The summed E-state index contributed by atoms with van der Waals surface area (Å²) < 4.78 is 0. The van der Waals surface area contributed by atoms with Crippen molar-refractivity contribution in [2.75, 3.05) is 5.32 Å². The SMILES string of the molecule is O=C(O)c1ccc2c(c1)[C@@H]1[C@H]3CC[C@@H](C3)[C@@H]1[C@H](c1ccccc1Cl)N2. The summed E-state index contributed by atoms with van der Waals surface area (Å²) in [4.78, 5) is 11.4. The topological polar surface area (TPSA) is 49.3 Å². The van der Waals surface area contributed by atoms with E-state index in [1.54, 1.807) is 6.07 Å². The lowest BCUT2D eigenvalue weighted by Crippen LogP contribution is -2.35. The fraction of sp³-hybridized carbons (Fsp3) is 0.381. The maximum atomic E-state index is 11.4. The van der Waals surface area contributed by atoms with Gasteiger partial charge in [0, 0.05) is 10.7 Å². The number of rotatable bonds is 2. The van der Waals surface area contributed by atoms with Crippen LogP contribution >= 0.6 is 11.6 Å². The minimum absolute atomic E-state index is 0.206. The van der Waals surface area contributed by atoms with E-state index in [0.29, 0.717) is 29.2 Å². The van der Waals surface area contributed by atoms with E-state index in [1.165, 1.54) is 30.4 Å². The molecule has 0 spiro atoms. The molecule has 4 heteroatoms. The summed E-state index contributed by atoms with van der Waals surface area (Å²) in [7, 11) is 0. The first-order valence-electron chi connectivity index (χ1n) is 9.01. The summed E-state index contributed by atoms with van der Waals surface area (Å²) >= 11 is 6.53. The molecule has 0 amide bonds. The molecule has 0 radical (unpaired) electrons. The van der Waals surface area contributed by atoms with Crippen molar-refractivity contribution in [1.82, 2.24) is 0 Å². The van der Waals surface area contributed by atoms with Crippen molar-refractivity contribution in [1.29, 1.82) is 0 Å². The predicted octanol–water partition coefficient (Wildman–Crippen LogP) is 5.33. The van der Waals surface area contributed by atoms with Gasteiger partial charge in [0.15, 0.2) is 0 Å². The van der Waals surface area contributed by atoms with Gasteiger partial charge in [-0.05, 0) is 78.3 Å². The van der Waals surface area contributed by atoms with Crippen molar-refractivity contribution in [3.05, 3.63) is 64.2 Å². The number of hydrogen-bond donors (Lipinski definition) is 2. The van der Waals surface area contributed by atoms with E-state index in [4.69, 9.17) is 11.6 Å². The lowest BCUT2D eigenvalue weighted by molar-refractivity contribution is 0.0696. The molecule has 0 saturated heterocycles. The quantitative estimate of drug-likeness (QED) is 0.766. The summed E-state index contributed by atoms with van der Waals surface area (Å²) in [6, 6.07) is 13.8. The van der Waals surface area contributed by atoms with E-state index in [2.05, 4.69) is 11.4 Å². The van der Waals surface area contributed by atoms with Crippen molar-refractivity contribution in [3.8, 4) is 0 Å². The molecule has 2 bridgehead atoms. The minimum atomic E-state index is -0.851. The van der Waals surface area contributed by atoms with Gasteiger partial charge in [-0.15, -0.1) is 0 Å². The number of nitrogens with one attached hydrogen (secondary N) is 1. The number of anilines is 1. The Labute approximate surface area is 152 Å². The van der Waals surface area contributed by atoms with Crippen LogP contribution in [0.5, 0.6) is 0 Å². The second-order valence-electron chi connectivity index (χ2n) is 7.69. The smallest absolute Gasteiger partial charge is 0.335 e. The predicted molar refractivity (Wildman–Crippen MR) is 98.3 cm³/mol. The zero-order valence-corrected chi connectivity index (χ0v) is 14.5. The molecular formula is C21H20ClNO2. The van der Waals surface area contributed by atoms with Gasteiger partial charge in [-0.3, -0.25) is 0 Å². The van der Waals surface area contributed by atoms with E-state index in [1.807, 2.05) is 30.3 Å². The Hall–Kier alpha value is -2.00. The van der Waals surface area contributed by atoms with Gasteiger partial charge in [0.2, 0.25) is 0 Å². The molecule has 2 aliphatic carbocycles. The van der Waals surface area contributed by atoms with Gasteiger partial charge in [-0.2, -0.15) is 0 Å². The molecule has 0 aromatic heterocycles. The third-order valence-corrected chi connectivity index (χ3v) is 6.92. The van der Waals surface area contributed by atoms with Crippen molar-refractivity contribution < 1.29 is 9.90 Å². The van der Waals surface area contributed by atoms with Crippen LogP contribution in [0.25, 0.3) is 0 Å². The van der Waals surface area contributed by atoms with Crippen molar-refractivity contribution in [3.63, 3.8) is 0 Å². The number of carboxylic acids is 1. The second kappa shape index (κ2) is 5.50. The van der Waals surface area contributed by atoms with Gasteiger partial charge in [-0.1, -0.05) is 29.8 Å². The first-order chi connectivity index (χ1) is 12.1. The van der Waals surface area contributed by atoms with Crippen LogP contribution in [0.1, 0.15) is 52.7 Å². The first-order valence-corrected chi connectivity index (χ1v) is 9.39. The van der Waals surface area contributed by atoms with Gasteiger partial charge < -0.3 is 10.4 Å². The molecule has 5 rings (SSSR count). The van der Waals surface area contributed by atoms with E-state index in [9.17, 15) is 9.90 Å². The summed E-state index contributed by atoms with van der Waals surface area (Å²) in [5.74, 6) is 1.46. The fourth-order valence-corrected chi connectivity index (χ4v) is 5.91. The second-order valence-corrected chi connectivity index (χ2v) is 8.09. The molecule has 2 aromatic carbocycles. The summed E-state index contributed by atoms with van der Waals surface area (Å²) in [6.45, 7) is 0. The van der Waals surface area contributed by atoms with Crippen molar-refractivity contribution in [2.24, 2.45) is 17.8 Å². The summed E-state index contributed by atoms with van der Waals surface area (Å²) in [5.41, 5.74) is 3.82. The third-order valence-electron chi connectivity index (χ3n) is 6.57. The van der Waals surface area contributed by atoms with Gasteiger partial charge in [0.25, 0.3) is 0 Å². The highest BCUT2D eigenvalue weighted by atomic mass is 35.5. The first kappa shape index (κ1) is 15.3. The van der Waals surface area contributed by atoms with Crippen LogP contribution in [0.4, 0.5) is 5.69 Å². The molecule has 25 heavy (non-hydrogen) atoms. The summed E-state index contributed by atoms with van der Waals surface area (Å²) in [5, 5.41) is 13.9. The van der Waals surface area contributed by atoms with E-state index >= 15 is 0 Å². The normalized spacial score (nSPS) is 32.0. The zero-order valence-electron chi connectivity index (χ0n) is 13.8. The maximum absolute atomic E-state index is 11.4. The van der Waals surface area contributed by atoms with Gasteiger partial charge in [0.05, 0.1) is 11.6 Å². The summed E-state index contributed by atoms with van der Waals surface area (Å²) in [6.07, 6.45) is 3.80. The molecule has 2 saturated carbocycles. The zero-order chi connectivity index (χ0) is 17.1. The molecule has 5 atom stereocenters. The lowest BCUT2D eigenvalue weighted by atomic mass is 9.68. The molecule has 0 unspecified atom stereocenters. The monoisotopic (exact) mass is 353 g/mol. The molecule has 1 heterocycles. The van der Waals surface area contributed by atoms with Crippen LogP contribution in [-0.2, 0) is 0 Å². The molecule has 3 nitrogen and oxygen atoms in total. The lowest BCUT2D eigenvalue weighted by Gasteiger charge is -2.43. The van der Waals surface area contributed by atoms with Crippen LogP contribution in [0.2, 0.25) is 5.02 Å². The maximum Gasteiger partial charge on any atom is 0.335 e. The Morgan fingerprint density at radius 1 is 1.08 bits per heavy atom. The third kappa shape index (κ3) is 2.22.